The molecule has 0 fully saturated rings. The van der Waals surface area contributed by atoms with Crippen molar-refractivity contribution < 1.29 is 0 Å². The maximum absolute atomic E-state index is 2.35. The molecule has 0 aromatic heterocycles. The minimum Gasteiger partial charge on any atom is -0.0877 e. The fourth-order valence-electron chi connectivity index (χ4n) is 5.13. The second-order valence-corrected chi connectivity index (χ2v) is 8.87. The van der Waals surface area contributed by atoms with Gasteiger partial charge >= 0.3 is 0 Å². The van der Waals surface area contributed by atoms with Crippen molar-refractivity contribution in [1.29, 1.82) is 0 Å². The Morgan fingerprint density at radius 3 is 2.06 bits per heavy atom. The van der Waals surface area contributed by atoms with Crippen molar-refractivity contribution in [3.8, 4) is 22.3 Å². The van der Waals surface area contributed by atoms with E-state index in [0.717, 1.165) is 12.8 Å². The van der Waals surface area contributed by atoms with Crippen LogP contribution in [0.3, 0.4) is 0 Å². The molecule has 0 bridgehead atoms. The van der Waals surface area contributed by atoms with E-state index in [1.165, 1.54) is 62.1 Å². The van der Waals surface area contributed by atoms with Crippen LogP contribution in [0.1, 0.15) is 55.4 Å². The van der Waals surface area contributed by atoms with Gasteiger partial charge in [-0.15, -0.1) is 0 Å². The van der Waals surface area contributed by atoms with Crippen LogP contribution in [0.2, 0.25) is 0 Å². The smallest absolute Gasteiger partial charge is 0.00701 e. The summed E-state index contributed by atoms with van der Waals surface area (Å²) in [6.07, 6.45) is 16.8. The molecule has 0 amide bonds. The zero-order valence-electron chi connectivity index (χ0n) is 20.4. The zero-order valence-corrected chi connectivity index (χ0v) is 20.4. The summed E-state index contributed by atoms with van der Waals surface area (Å²) < 4.78 is 0. The topological polar surface area (TPSA) is 0 Å². The molecule has 3 aromatic carbocycles. The monoisotopic (exact) mass is 430 g/mol. The van der Waals surface area contributed by atoms with Gasteiger partial charge in [0, 0.05) is 0 Å². The van der Waals surface area contributed by atoms with E-state index < -0.39 is 0 Å². The van der Waals surface area contributed by atoms with Crippen molar-refractivity contribution >= 4 is 11.1 Å². The second kappa shape index (κ2) is 10.5. The normalized spacial score (nSPS) is 14.4. The molecule has 0 N–H and O–H groups in total. The Labute approximate surface area is 199 Å². The van der Waals surface area contributed by atoms with E-state index in [2.05, 4.69) is 125 Å². The summed E-state index contributed by atoms with van der Waals surface area (Å²) in [5.41, 5.74) is 13.5. The first-order valence-corrected chi connectivity index (χ1v) is 12.1. The summed E-state index contributed by atoms with van der Waals surface area (Å²) >= 11 is 0. The minimum absolute atomic E-state index is 1.11. The van der Waals surface area contributed by atoms with Gasteiger partial charge in [0.1, 0.15) is 0 Å². The minimum atomic E-state index is 1.11. The van der Waals surface area contributed by atoms with E-state index in [-0.39, 0.29) is 0 Å². The standard InChI is InChI=1S/C33H34/c1-5-6-17-24(2)30-25(3)32(28-18-11-7-8-12-19-28)33(29-22-15-10-16-23-29)26(4)31(30)27-20-13-9-14-21-27/h5-7,9-11,13-18,20-23H,8,12,19H2,1-4H3/b6-5-,24-17+. The van der Waals surface area contributed by atoms with E-state index in [1.807, 2.05) is 0 Å². The first-order valence-electron chi connectivity index (χ1n) is 12.1. The average Bonchev–Trinajstić information content (AvgIpc) is 3.13. The van der Waals surface area contributed by atoms with Crippen molar-refractivity contribution in [3.63, 3.8) is 0 Å². The Kier molecular flexibility index (Phi) is 7.25. The van der Waals surface area contributed by atoms with E-state index in [9.17, 15) is 0 Å². The fraction of sp³-hybridized carbons (Fsp3) is 0.212. The maximum Gasteiger partial charge on any atom is -0.00701 e. The van der Waals surface area contributed by atoms with Crippen LogP contribution in [0.25, 0.3) is 33.4 Å². The van der Waals surface area contributed by atoms with Crippen molar-refractivity contribution in [3.05, 3.63) is 119 Å². The summed E-state index contributed by atoms with van der Waals surface area (Å²) in [7, 11) is 0. The Bertz CT molecular complexity index is 1230. The first-order chi connectivity index (χ1) is 16.1. The van der Waals surface area contributed by atoms with Gasteiger partial charge in [0.2, 0.25) is 0 Å². The molecule has 3 aromatic rings. The number of hydrogen-bond acceptors (Lipinski definition) is 0. The third-order valence-corrected chi connectivity index (χ3v) is 6.63. The molecule has 1 aliphatic rings. The molecule has 4 rings (SSSR count). The molecule has 1 aliphatic carbocycles. The Morgan fingerprint density at radius 1 is 0.788 bits per heavy atom. The van der Waals surface area contributed by atoms with Gasteiger partial charge in [-0.05, 0) is 103 Å². The summed E-state index contributed by atoms with van der Waals surface area (Å²) in [5, 5.41) is 0. The predicted octanol–water partition coefficient (Wildman–Crippen LogP) is 9.74. The van der Waals surface area contributed by atoms with Gasteiger partial charge in [-0.25, -0.2) is 0 Å². The lowest BCUT2D eigenvalue weighted by atomic mass is 9.77. The van der Waals surface area contributed by atoms with E-state index in [4.69, 9.17) is 0 Å². The fourth-order valence-corrected chi connectivity index (χ4v) is 5.13. The van der Waals surface area contributed by atoms with Gasteiger partial charge < -0.3 is 0 Å². The molecular formula is C33H34. The number of benzene rings is 3. The molecular weight excluding hydrogens is 396 g/mol. The molecule has 0 heterocycles. The van der Waals surface area contributed by atoms with Crippen LogP contribution in [0.4, 0.5) is 0 Å². The first kappa shape index (κ1) is 22.8. The van der Waals surface area contributed by atoms with Gasteiger partial charge in [-0.2, -0.15) is 0 Å². The van der Waals surface area contributed by atoms with Gasteiger partial charge in [-0.3, -0.25) is 0 Å². The molecule has 0 saturated carbocycles. The number of rotatable bonds is 5. The van der Waals surface area contributed by atoms with E-state index >= 15 is 0 Å². The third kappa shape index (κ3) is 4.71. The molecule has 0 heteroatoms. The summed E-state index contributed by atoms with van der Waals surface area (Å²) in [4.78, 5) is 0. The average molecular weight is 431 g/mol. The van der Waals surface area contributed by atoms with E-state index in [0.29, 0.717) is 0 Å². The molecule has 0 nitrogen and oxygen atoms in total. The number of allylic oxidation sites excluding steroid dienone is 8. The highest BCUT2D eigenvalue weighted by Gasteiger charge is 2.24. The van der Waals surface area contributed by atoms with Crippen molar-refractivity contribution in [1.82, 2.24) is 0 Å². The zero-order chi connectivity index (χ0) is 23.2. The van der Waals surface area contributed by atoms with Crippen LogP contribution < -0.4 is 0 Å². The lowest BCUT2D eigenvalue weighted by molar-refractivity contribution is 0.885. The molecule has 0 atom stereocenters. The Morgan fingerprint density at radius 2 is 1.42 bits per heavy atom. The molecule has 0 spiro atoms. The van der Waals surface area contributed by atoms with Gasteiger partial charge in [0.15, 0.2) is 0 Å². The van der Waals surface area contributed by atoms with Crippen LogP contribution in [-0.2, 0) is 0 Å². The van der Waals surface area contributed by atoms with Crippen LogP contribution >= 0.6 is 0 Å². The van der Waals surface area contributed by atoms with Crippen molar-refractivity contribution in [2.24, 2.45) is 0 Å². The molecule has 166 valence electrons. The van der Waals surface area contributed by atoms with E-state index in [1.54, 1.807) is 0 Å². The molecule has 0 radical (unpaired) electrons. The maximum atomic E-state index is 2.35. The van der Waals surface area contributed by atoms with Crippen LogP contribution in [-0.4, -0.2) is 0 Å². The largest absolute Gasteiger partial charge is 0.0877 e. The molecule has 0 saturated heterocycles. The quantitative estimate of drug-likeness (QED) is 0.353. The molecule has 0 unspecified atom stereocenters. The second-order valence-electron chi connectivity index (χ2n) is 8.87. The highest BCUT2D eigenvalue weighted by molar-refractivity contribution is 5.96. The van der Waals surface area contributed by atoms with Crippen LogP contribution in [0.5, 0.6) is 0 Å². The molecule has 0 aliphatic heterocycles. The highest BCUT2D eigenvalue weighted by Crippen LogP contribution is 2.46. The number of hydrogen-bond donors (Lipinski definition) is 0. The molecule has 33 heavy (non-hydrogen) atoms. The SMILES string of the molecule is C/C=C\C=C(/C)c1c(C)c(C2=CC=CCCC2)c(-c2ccccc2)c(C)c1-c1ccccc1. The Balaban J connectivity index is 2.15. The van der Waals surface area contributed by atoms with Crippen LogP contribution in [0.15, 0.2) is 97.1 Å². The lowest BCUT2D eigenvalue weighted by Crippen LogP contribution is -2.05. The summed E-state index contributed by atoms with van der Waals surface area (Å²) in [6.45, 7) is 8.97. The van der Waals surface area contributed by atoms with Gasteiger partial charge in [0.05, 0.1) is 0 Å². The van der Waals surface area contributed by atoms with Crippen LogP contribution in [0, 0.1) is 13.8 Å². The van der Waals surface area contributed by atoms with Crippen molar-refractivity contribution in [2.45, 2.75) is 47.0 Å². The lowest BCUT2D eigenvalue weighted by Gasteiger charge is -2.26. The summed E-state index contributed by atoms with van der Waals surface area (Å²) in [5.74, 6) is 0. The Hall–Kier alpha value is -3.38. The van der Waals surface area contributed by atoms with Gasteiger partial charge in [0.25, 0.3) is 0 Å². The highest BCUT2D eigenvalue weighted by atomic mass is 14.3. The summed E-state index contributed by atoms with van der Waals surface area (Å²) in [6, 6.07) is 21.8. The predicted molar refractivity (Wildman–Crippen MR) is 146 cm³/mol. The van der Waals surface area contributed by atoms with Crippen molar-refractivity contribution in [2.75, 3.05) is 0 Å². The van der Waals surface area contributed by atoms with Gasteiger partial charge in [-0.1, -0.05) is 97.1 Å². The third-order valence-electron chi connectivity index (χ3n) is 6.63.